The summed E-state index contributed by atoms with van der Waals surface area (Å²) in [5, 5.41) is 10.8. The number of esters is 2. The minimum atomic E-state index is -4.96. The van der Waals surface area contributed by atoms with Crippen LogP contribution in [0.2, 0.25) is 0 Å². The molecule has 3 N–H and O–H groups in total. The van der Waals surface area contributed by atoms with Crippen LogP contribution < -0.4 is 15.7 Å². The zero-order valence-corrected chi connectivity index (χ0v) is 34.8. The van der Waals surface area contributed by atoms with Crippen molar-refractivity contribution in [3.05, 3.63) is 36.5 Å². The normalized spacial score (nSPS) is 14.1. The van der Waals surface area contributed by atoms with Crippen molar-refractivity contribution in [3.8, 4) is 0 Å². The first-order valence-electron chi connectivity index (χ1n) is 21.0. The summed E-state index contributed by atoms with van der Waals surface area (Å²) in [6, 6.07) is -1.43. The van der Waals surface area contributed by atoms with Gasteiger partial charge in [-0.15, -0.1) is 0 Å². The molecule has 0 radical (unpaired) electrons. The van der Waals surface area contributed by atoms with Crippen LogP contribution in [0.1, 0.15) is 181 Å². The Morgan fingerprint density at radius 1 is 0.574 bits per heavy atom. The summed E-state index contributed by atoms with van der Waals surface area (Å²) in [5.41, 5.74) is 3.24. The fraction of sp³-hybridized carbons (Fsp3) is 0.786. The van der Waals surface area contributed by atoms with Gasteiger partial charge in [0.1, 0.15) is 25.2 Å². The summed E-state index contributed by atoms with van der Waals surface area (Å²) in [4.78, 5) is 48.0. The fourth-order valence-electron chi connectivity index (χ4n) is 5.50. The molecule has 0 aliphatic rings. The van der Waals surface area contributed by atoms with Crippen molar-refractivity contribution in [2.24, 2.45) is 0 Å². The molecule has 0 fully saturated rings. The Morgan fingerprint density at radius 3 is 1.50 bits per heavy atom. The molecule has 0 saturated heterocycles. The number of unbranched alkanes of at least 4 members (excludes halogenated alkanes) is 19. The van der Waals surface area contributed by atoms with Gasteiger partial charge in [0.15, 0.2) is 6.10 Å². The molecule has 11 nitrogen and oxygen atoms in total. The van der Waals surface area contributed by atoms with Crippen molar-refractivity contribution in [2.45, 2.75) is 193 Å². The van der Waals surface area contributed by atoms with Gasteiger partial charge in [-0.2, -0.15) is 0 Å². The van der Waals surface area contributed by atoms with Crippen LogP contribution in [-0.4, -0.2) is 49.9 Å². The lowest BCUT2D eigenvalue weighted by atomic mass is 10.1. The van der Waals surface area contributed by atoms with Crippen LogP contribution in [0.3, 0.4) is 0 Å². The molecule has 0 aliphatic heterocycles. The Morgan fingerprint density at radius 2 is 0.981 bits per heavy atom. The Hall–Kier alpha value is -2.30. The van der Waals surface area contributed by atoms with Crippen molar-refractivity contribution < 1.29 is 53.2 Å². The van der Waals surface area contributed by atoms with Crippen LogP contribution in [0.25, 0.3) is 0 Å². The maximum Gasteiger partial charge on any atom is 0.306 e. The molecule has 0 heterocycles. The number of hydrogen-bond donors (Lipinski definition) is 1. The smallest absolute Gasteiger partial charge is 0.306 e. The Balaban J connectivity index is 4.43. The van der Waals surface area contributed by atoms with E-state index in [0.717, 1.165) is 83.5 Å². The Kier molecular flexibility index (Phi) is 36.0. The number of phosphoric ester groups is 1. The van der Waals surface area contributed by atoms with E-state index in [9.17, 15) is 28.9 Å². The molecule has 0 spiro atoms. The first-order chi connectivity index (χ1) is 26.1. The zero-order valence-electron chi connectivity index (χ0n) is 33.9. The SMILES string of the molecule is CCCCC/C=C\C/C=C\CCCCCCCC(=O)O[C@H](COC(=O)CCCCCCC/C=C\CCCCCCCC)COP(=O)([O-])OC[C@H]([NH3+])C(=O)[O-]. The van der Waals surface area contributed by atoms with E-state index in [-0.39, 0.29) is 19.4 Å². The minimum absolute atomic E-state index is 0.129. The van der Waals surface area contributed by atoms with Crippen molar-refractivity contribution in [1.82, 2.24) is 0 Å². The molecular formula is C42H75NO10P-. The van der Waals surface area contributed by atoms with Crippen LogP contribution >= 0.6 is 7.82 Å². The summed E-state index contributed by atoms with van der Waals surface area (Å²) in [5.74, 6) is -2.61. The molecule has 12 heteroatoms. The van der Waals surface area contributed by atoms with E-state index in [2.05, 4.69) is 60.6 Å². The van der Waals surface area contributed by atoms with Gasteiger partial charge in [0.25, 0.3) is 7.82 Å². The number of allylic oxidation sites excluding steroid dienone is 6. The van der Waals surface area contributed by atoms with Gasteiger partial charge < -0.3 is 39.0 Å². The quantitative estimate of drug-likeness (QED) is 0.0277. The van der Waals surface area contributed by atoms with E-state index >= 15 is 0 Å². The molecule has 0 aromatic heterocycles. The summed E-state index contributed by atoms with van der Waals surface area (Å²) in [6.45, 7) is 2.64. The van der Waals surface area contributed by atoms with Gasteiger partial charge in [0, 0.05) is 12.8 Å². The Labute approximate surface area is 327 Å². The lowest BCUT2D eigenvalue weighted by molar-refractivity contribution is -0.441. The van der Waals surface area contributed by atoms with Gasteiger partial charge in [0.2, 0.25) is 0 Å². The molecule has 1 unspecified atom stereocenters. The van der Waals surface area contributed by atoms with Crippen molar-refractivity contribution in [3.63, 3.8) is 0 Å². The summed E-state index contributed by atoms with van der Waals surface area (Å²) >= 11 is 0. The molecule has 0 bridgehead atoms. The monoisotopic (exact) mass is 785 g/mol. The van der Waals surface area contributed by atoms with E-state index in [1.165, 1.54) is 57.8 Å². The molecular weight excluding hydrogens is 709 g/mol. The molecule has 0 aromatic rings. The predicted octanol–water partition coefficient (Wildman–Crippen LogP) is 8.15. The zero-order chi connectivity index (χ0) is 40.0. The maximum absolute atomic E-state index is 12.6. The van der Waals surface area contributed by atoms with Crippen LogP contribution in [0.4, 0.5) is 0 Å². The molecule has 0 amide bonds. The van der Waals surface area contributed by atoms with Crippen LogP contribution in [0, 0.1) is 0 Å². The van der Waals surface area contributed by atoms with Gasteiger partial charge >= 0.3 is 11.9 Å². The molecule has 314 valence electrons. The molecule has 0 aromatic carbocycles. The first-order valence-corrected chi connectivity index (χ1v) is 22.5. The highest BCUT2D eigenvalue weighted by molar-refractivity contribution is 7.45. The number of quaternary nitrogens is 1. The van der Waals surface area contributed by atoms with E-state index < -0.39 is 51.1 Å². The van der Waals surface area contributed by atoms with Gasteiger partial charge in [-0.1, -0.05) is 134 Å². The Bertz CT molecular complexity index is 1060. The number of carbonyl (C=O) groups is 3. The van der Waals surface area contributed by atoms with Crippen LogP contribution in [0.5, 0.6) is 0 Å². The number of aliphatic carboxylic acids is 1. The van der Waals surface area contributed by atoms with E-state index in [1.807, 2.05) is 0 Å². The average molecular weight is 785 g/mol. The standard InChI is InChI=1S/C42H76NO10P/c1-3-5-7-9-11-13-15-17-19-21-23-25-27-29-31-33-40(44)50-35-38(36-51-54(48,49)52-37-39(43)42(46)47)53-41(45)34-32-30-28-26-24-22-20-18-16-14-12-10-8-6-4-2/h12,14,17-20,38-39H,3-11,13,15-16,21-37,43H2,1-2H3,(H,46,47)(H,48,49)/p-1/b14-12-,19-17-,20-18-/t38-,39+/m1/s1. The number of carbonyl (C=O) groups excluding carboxylic acids is 3. The molecule has 0 aliphatic carbocycles. The summed E-state index contributed by atoms with van der Waals surface area (Å²) in [7, 11) is -4.96. The number of hydrogen-bond acceptors (Lipinski definition) is 10. The van der Waals surface area contributed by atoms with Crippen molar-refractivity contribution in [2.75, 3.05) is 19.8 Å². The number of carboxylic acid groups (broad SMARTS) is 1. The largest absolute Gasteiger partial charge is 0.756 e. The average Bonchev–Trinajstić information content (AvgIpc) is 3.14. The van der Waals surface area contributed by atoms with Gasteiger partial charge in [0.05, 0.1) is 6.61 Å². The predicted molar refractivity (Wildman–Crippen MR) is 211 cm³/mol. The molecule has 0 rings (SSSR count). The molecule has 3 atom stereocenters. The number of phosphoric acid groups is 1. The fourth-order valence-corrected chi connectivity index (χ4v) is 6.29. The van der Waals surface area contributed by atoms with Crippen LogP contribution in [0.15, 0.2) is 36.5 Å². The first kappa shape index (κ1) is 51.7. The van der Waals surface area contributed by atoms with E-state index in [0.29, 0.717) is 12.8 Å². The van der Waals surface area contributed by atoms with E-state index in [4.69, 9.17) is 14.0 Å². The summed E-state index contributed by atoms with van der Waals surface area (Å²) < 4.78 is 32.3. The maximum atomic E-state index is 12.6. The summed E-state index contributed by atoms with van der Waals surface area (Å²) in [6.07, 6.45) is 39.0. The topological polar surface area (TPSA) is 179 Å². The number of rotatable bonds is 39. The van der Waals surface area contributed by atoms with E-state index in [1.54, 1.807) is 0 Å². The van der Waals surface area contributed by atoms with Crippen molar-refractivity contribution >= 4 is 25.7 Å². The lowest BCUT2D eigenvalue weighted by Gasteiger charge is -2.26. The number of ether oxygens (including phenoxy) is 2. The third-order valence-corrected chi connectivity index (χ3v) is 9.82. The number of carboxylic acids is 1. The second kappa shape index (κ2) is 37.6. The van der Waals surface area contributed by atoms with Crippen molar-refractivity contribution in [1.29, 1.82) is 0 Å². The third-order valence-electron chi connectivity index (χ3n) is 8.89. The molecule has 0 saturated carbocycles. The van der Waals surface area contributed by atoms with Gasteiger partial charge in [-0.25, -0.2) is 0 Å². The van der Waals surface area contributed by atoms with Crippen LogP contribution in [-0.2, 0) is 37.5 Å². The third kappa shape index (κ3) is 36.7. The molecule has 54 heavy (non-hydrogen) atoms. The minimum Gasteiger partial charge on any atom is -0.756 e. The van der Waals surface area contributed by atoms with Gasteiger partial charge in [-0.3, -0.25) is 14.2 Å². The second-order valence-corrected chi connectivity index (χ2v) is 15.6. The lowest BCUT2D eigenvalue weighted by Crippen LogP contribution is -2.70. The second-order valence-electron chi connectivity index (χ2n) is 14.2. The highest BCUT2D eigenvalue weighted by Gasteiger charge is 2.22. The highest BCUT2D eigenvalue weighted by atomic mass is 31.2. The van der Waals surface area contributed by atoms with Gasteiger partial charge in [-0.05, 0) is 70.6 Å². The highest BCUT2D eigenvalue weighted by Crippen LogP contribution is 2.38.